The lowest BCUT2D eigenvalue weighted by atomic mass is 10.1. The largest absolute Gasteiger partial charge is 0.341 e. The third-order valence-electron chi connectivity index (χ3n) is 6.12. The summed E-state index contributed by atoms with van der Waals surface area (Å²) < 4.78 is 8.54. The number of benzene rings is 1. The normalized spacial score (nSPS) is 14.5. The number of aryl methyl sites for hydroxylation is 2. The first-order valence-corrected chi connectivity index (χ1v) is 11.1. The maximum absolute atomic E-state index is 13.5. The number of carbonyl (C=O) groups is 1. The molecule has 0 unspecified atom stereocenters. The molecule has 4 heterocycles. The van der Waals surface area contributed by atoms with E-state index in [1.807, 2.05) is 41.5 Å². The van der Waals surface area contributed by atoms with Gasteiger partial charge in [-0.05, 0) is 38.3 Å². The van der Waals surface area contributed by atoms with Crippen LogP contribution < -0.4 is 5.56 Å². The summed E-state index contributed by atoms with van der Waals surface area (Å²) in [6.07, 6.45) is 5.37. The van der Waals surface area contributed by atoms with Gasteiger partial charge >= 0.3 is 0 Å². The van der Waals surface area contributed by atoms with Gasteiger partial charge in [0.1, 0.15) is 24.1 Å². The van der Waals surface area contributed by atoms with Gasteiger partial charge in [0.15, 0.2) is 5.82 Å². The maximum Gasteiger partial charge on any atom is 0.278 e. The van der Waals surface area contributed by atoms with E-state index in [-0.39, 0.29) is 24.6 Å². The Kier molecular flexibility index (Phi) is 5.24. The molecule has 0 N–H and O–H groups in total. The van der Waals surface area contributed by atoms with Gasteiger partial charge in [-0.3, -0.25) is 14.2 Å². The summed E-state index contributed by atoms with van der Waals surface area (Å²) in [5.74, 6) is 0.982. The minimum Gasteiger partial charge on any atom is -0.341 e. The van der Waals surface area contributed by atoms with Crippen LogP contribution in [0.15, 0.2) is 33.8 Å². The second kappa shape index (κ2) is 8.22. The van der Waals surface area contributed by atoms with Gasteiger partial charge in [0.05, 0.1) is 11.8 Å². The van der Waals surface area contributed by atoms with Crippen molar-refractivity contribution in [2.45, 2.75) is 52.6 Å². The number of nitrogens with zero attached hydrogens (tertiary/aromatic N) is 6. The number of aromatic nitrogens is 5. The van der Waals surface area contributed by atoms with Crippen molar-refractivity contribution in [3.63, 3.8) is 0 Å². The number of hydrogen-bond acceptors (Lipinski definition) is 6. The zero-order valence-electron chi connectivity index (χ0n) is 18.4. The van der Waals surface area contributed by atoms with Crippen LogP contribution in [-0.4, -0.2) is 48.2 Å². The topological polar surface area (TPSA) is 99.0 Å². The predicted octanol–water partition coefficient (Wildman–Crippen LogP) is 2.67. The SMILES string of the molecule is CCc1noc(Cn2cnc3c4cc(C)ccc4n(CC(=O)N4CCCCC4)c3c2=O)n1. The van der Waals surface area contributed by atoms with Crippen molar-refractivity contribution in [3.05, 3.63) is 52.2 Å². The fourth-order valence-corrected chi connectivity index (χ4v) is 4.41. The maximum atomic E-state index is 13.5. The summed E-state index contributed by atoms with van der Waals surface area (Å²) in [6, 6.07) is 5.97. The zero-order valence-corrected chi connectivity index (χ0v) is 18.4. The molecule has 9 nitrogen and oxygen atoms in total. The minimum absolute atomic E-state index is 0.0309. The quantitative estimate of drug-likeness (QED) is 0.479. The second-order valence-electron chi connectivity index (χ2n) is 8.38. The van der Waals surface area contributed by atoms with Crippen LogP contribution in [0.1, 0.15) is 43.5 Å². The number of fused-ring (bicyclic) bond motifs is 3. The van der Waals surface area contributed by atoms with Gasteiger partial charge in [0, 0.05) is 24.9 Å². The molecule has 1 saturated heterocycles. The van der Waals surface area contributed by atoms with E-state index in [0.717, 1.165) is 48.8 Å². The fraction of sp³-hybridized carbons (Fsp3) is 0.435. The molecule has 1 aliphatic rings. The van der Waals surface area contributed by atoms with Gasteiger partial charge in [-0.25, -0.2) is 4.98 Å². The van der Waals surface area contributed by atoms with E-state index in [2.05, 4.69) is 15.1 Å². The van der Waals surface area contributed by atoms with Crippen LogP contribution in [0.5, 0.6) is 0 Å². The van der Waals surface area contributed by atoms with Crippen molar-refractivity contribution < 1.29 is 9.32 Å². The van der Waals surface area contributed by atoms with Gasteiger partial charge in [0.2, 0.25) is 11.8 Å². The van der Waals surface area contributed by atoms with E-state index in [1.165, 1.54) is 10.9 Å². The molecule has 1 amide bonds. The highest BCUT2D eigenvalue weighted by Gasteiger charge is 2.22. The highest BCUT2D eigenvalue weighted by molar-refractivity contribution is 6.06. The molecule has 4 aromatic rings. The first-order valence-electron chi connectivity index (χ1n) is 11.1. The highest BCUT2D eigenvalue weighted by atomic mass is 16.5. The van der Waals surface area contributed by atoms with Gasteiger partial charge in [-0.2, -0.15) is 4.98 Å². The van der Waals surface area contributed by atoms with E-state index >= 15 is 0 Å². The van der Waals surface area contributed by atoms with E-state index in [4.69, 9.17) is 4.52 Å². The van der Waals surface area contributed by atoms with Crippen molar-refractivity contribution in [2.75, 3.05) is 13.1 Å². The van der Waals surface area contributed by atoms with Gasteiger partial charge in [-0.15, -0.1) is 0 Å². The minimum atomic E-state index is -0.230. The summed E-state index contributed by atoms with van der Waals surface area (Å²) in [4.78, 5) is 37.4. The van der Waals surface area contributed by atoms with Crippen molar-refractivity contribution in [1.82, 2.24) is 29.2 Å². The average Bonchev–Trinajstić information content (AvgIpc) is 3.39. The van der Waals surface area contributed by atoms with Crippen molar-refractivity contribution in [1.29, 1.82) is 0 Å². The fourth-order valence-electron chi connectivity index (χ4n) is 4.41. The molecule has 1 aromatic carbocycles. The van der Waals surface area contributed by atoms with Crippen molar-refractivity contribution in [3.8, 4) is 0 Å². The molecule has 0 aliphatic carbocycles. The Bertz CT molecular complexity index is 1360. The molecule has 0 radical (unpaired) electrons. The third-order valence-corrected chi connectivity index (χ3v) is 6.12. The van der Waals surface area contributed by atoms with Gasteiger partial charge in [-0.1, -0.05) is 23.7 Å². The molecule has 5 rings (SSSR count). The Hall–Kier alpha value is -3.49. The van der Waals surface area contributed by atoms with Crippen LogP contribution in [0.25, 0.3) is 21.9 Å². The van der Waals surface area contributed by atoms with Crippen LogP contribution in [0.2, 0.25) is 0 Å². The molecule has 1 aliphatic heterocycles. The molecule has 9 heteroatoms. The molecule has 32 heavy (non-hydrogen) atoms. The number of amides is 1. The lowest BCUT2D eigenvalue weighted by Gasteiger charge is -2.27. The Labute approximate surface area is 184 Å². The first kappa shape index (κ1) is 20.4. The first-order chi connectivity index (χ1) is 15.5. The summed E-state index contributed by atoms with van der Waals surface area (Å²) in [5.41, 5.74) is 2.71. The van der Waals surface area contributed by atoms with Crippen LogP contribution in [0.4, 0.5) is 0 Å². The monoisotopic (exact) mass is 434 g/mol. The van der Waals surface area contributed by atoms with Crippen LogP contribution in [0, 0.1) is 6.92 Å². The molecule has 0 bridgehead atoms. The van der Waals surface area contributed by atoms with E-state index < -0.39 is 0 Å². The van der Waals surface area contributed by atoms with Gasteiger partial charge in [0.25, 0.3) is 5.56 Å². The smallest absolute Gasteiger partial charge is 0.278 e. The molecule has 0 atom stereocenters. The molecular weight excluding hydrogens is 408 g/mol. The molecule has 166 valence electrons. The van der Waals surface area contributed by atoms with Crippen molar-refractivity contribution in [2.24, 2.45) is 0 Å². The highest BCUT2D eigenvalue weighted by Crippen LogP contribution is 2.27. The number of carbonyl (C=O) groups excluding carboxylic acids is 1. The summed E-state index contributed by atoms with van der Waals surface area (Å²) in [5, 5.41) is 4.78. The van der Waals surface area contributed by atoms with E-state index in [9.17, 15) is 9.59 Å². The molecule has 1 fully saturated rings. The number of likely N-dealkylation sites (tertiary alicyclic amines) is 1. The Morgan fingerprint density at radius 2 is 2.00 bits per heavy atom. The molecule has 0 spiro atoms. The molecule has 0 saturated carbocycles. The Balaban J connectivity index is 1.62. The Morgan fingerprint density at radius 3 is 2.75 bits per heavy atom. The second-order valence-corrected chi connectivity index (χ2v) is 8.38. The number of hydrogen-bond donors (Lipinski definition) is 0. The van der Waals surface area contributed by atoms with Crippen molar-refractivity contribution >= 4 is 27.8 Å². The van der Waals surface area contributed by atoms with Crippen LogP contribution >= 0.6 is 0 Å². The average molecular weight is 435 g/mol. The molecule has 3 aromatic heterocycles. The summed E-state index contributed by atoms with van der Waals surface area (Å²) in [6.45, 7) is 5.74. The van der Waals surface area contributed by atoms with Crippen LogP contribution in [-0.2, 0) is 24.3 Å². The zero-order chi connectivity index (χ0) is 22.2. The Morgan fingerprint density at radius 1 is 1.19 bits per heavy atom. The summed E-state index contributed by atoms with van der Waals surface area (Å²) >= 11 is 0. The lowest BCUT2D eigenvalue weighted by molar-refractivity contribution is -0.132. The van der Waals surface area contributed by atoms with E-state index in [1.54, 1.807) is 0 Å². The number of rotatable bonds is 5. The predicted molar refractivity (Wildman–Crippen MR) is 119 cm³/mol. The summed E-state index contributed by atoms with van der Waals surface area (Å²) in [7, 11) is 0. The van der Waals surface area contributed by atoms with E-state index in [0.29, 0.717) is 29.2 Å². The molecular formula is C23H26N6O3. The van der Waals surface area contributed by atoms with Crippen LogP contribution in [0.3, 0.4) is 0 Å². The van der Waals surface area contributed by atoms with Gasteiger partial charge < -0.3 is 14.0 Å². The standard InChI is InChI=1S/C23H26N6O3/c1-3-18-25-19(32-26-18)12-28-14-24-21-16-11-15(2)7-8-17(16)29(22(21)23(28)31)13-20(30)27-9-5-4-6-10-27/h7-8,11,14H,3-6,9-10,12-13H2,1-2H3. The lowest BCUT2D eigenvalue weighted by Crippen LogP contribution is -2.38. The number of piperidine rings is 1. The third kappa shape index (κ3) is 3.57.